The molecule has 0 saturated carbocycles. The van der Waals surface area contributed by atoms with Crippen molar-refractivity contribution in [3.63, 3.8) is 0 Å². The molecular weight excluding hydrogens is 332 g/mol. The molecule has 0 fully saturated rings. The van der Waals surface area contributed by atoms with Crippen molar-refractivity contribution in [3.05, 3.63) is 48.6 Å². The molecule has 126 valence electrons. The van der Waals surface area contributed by atoms with Gasteiger partial charge in [-0.15, -0.1) is 6.58 Å². The Morgan fingerprint density at radius 3 is 2.43 bits per heavy atom. The molecule has 5 nitrogen and oxygen atoms in total. The van der Waals surface area contributed by atoms with E-state index < -0.39 is 29.4 Å². The lowest BCUT2D eigenvalue weighted by Gasteiger charge is -2.33. The van der Waals surface area contributed by atoms with Crippen molar-refractivity contribution >= 4 is 23.7 Å². The Hall–Kier alpha value is -2.15. The quantitative estimate of drug-likeness (QED) is 0.467. The Bertz CT molecular complexity index is 562. The van der Waals surface area contributed by atoms with E-state index in [-0.39, 0.29) is 6.61 Å². The van der Waals surface area contributed by atoms with Gasteiger partial charge in [0.15, 0.2) is 0 Å². The molecule has 0 saturated heterocycles. The molecule has 0 aliphatic heterocycles. The molecule has 0 aliphatic carbocycles. The molecule has 23 heavy (non-hydrogen) atoms. The summed E-state index contributed by atoms with van der Waals surface area (Å²) in [5.41, 5.74) is -2.16. The molecule has 1 atom stereocenters. The molecule has 0 aliphatic rings. The first kappa shape index (κ1) is 18.9. The van der Waals surface area contributed by atoms with Crippen LogP contribution in [0, 0.1) is 0 Å². The third-order valence-electron chi connectivity index (χ3n) is 3.00. The van der Waals surface area contributed by atoms with Crippen molar-refractivity contribution in [2.45, 2.75) is 23.9 Å². The summed E-state index contributed by atoms with van der Waals surface area (Å²) in [5.74, 6) is -1.41. The van der Waals surface area contributed by atoms with Gasteiger partial charge in [0.05, 0.1) is 7.11 Å². The van der Waals surface area contributed by atoms with Crippen LogP contribution in [0.1, 0.15) is 12.0 Å². The van der Waals surface area contributed by atoms with E-state index in [1.165, 1.54) is 0 Å². The molecule has 0 radical (unpaired) electrons. The van der Waals surface area contributed by atoms with Crippen LogP contribution in [-0.2, 0) is 20.9 Å². The Morgan fingerprint density at radius 2 is 1.96 bits per heavy atom. The number of rotatable bonds is 7. The first-order valence-corrected chi connectivity index (χ1v) is 6.89. The molecule has 0 heterocycles. The smallest absolute Gasteiger partial charge is 0.408 e. The minimum absolute atomic E-state index is 0.161. The second-order valence-corrected chi connectivity index (χ2v) is 5.05. The van der Waals surface area contributed by atoms with Gasteiger partial charge in [-0.1, -0.05) is 36.4 Å². The molecule has 0 bridgehead atoms. The first-order valence-electron chi connectivity index (χ1n) is 6.51. The van der Waals surface area contributed by atoms with E-state index >= 15 is 0 Å². The number of alkyl carbamates (subject to hydrolysis) is 1. The van der Waals surface area contributed by atoms with Gasteiger partial charge >= 0.3 is 17.4 Å². The first-order chi connectivity index (χ1) is 10.8. The van der Waals surface area contributed by atoms with Crippen LogP contribution in [0.25, 0.3) is 0 Å². The highest BCUT2D eigenvalue weighted by molar-refractivity contribution is 6.24. The number of halogens is 3. The summed E-state index contributed by atoms with van der Waals surface area (Å²) in [7, 11) is 0.903. The van der Waals surface area contributed by atoms with E-state index in [0.717, 1.165) is 13.2 Å². The zero-order valence-corrected chi connectivity index (χ0v) is 13.1. The van der Waals surface area contributed by atoms with Gasteiger partial charge in [-0.3, -0.25) is 5.32 Å². The zero-order chi connectivity index (χ0) is 17.5. The van der Waals surface area contributed by atoms with Crippen molar-refractivity contribution in [2.75, 3.05) is 7.11 Å². The number of carbonyl (C=O) groups excluding carboxylic acids is 2. The van der Waals surface area contributed by atoms with Gasteiger partial charge in [0, 0.05) is 6.42 Å². The van der Waals surface area contributed by atoms with Gasteiger partial charge in [-0.05, 0) is 17.2 Å². The van der Waals surface area contributed by atoms with E-state index in [9.17, 15) is 18.4 Å². The van der Waals surface area contributed by atoms with Gasteiger partial charge in [0.1, 0.15) is 6.61 Å². The molecule has 1 N–H and O–H groups in total. The lowest BCUT2D eigenvalue weighted by atomic mass is 9.95. The summed E-state index contributed by atoms with van der Waals surface area (Å²) in [5, 5.41) is -2.31. The number of methoxy groups -OCH3 is 1. The fourth-order valence-electron chi connectivity index (χ4n) is 1.81. The van der Waals surface area contributed by atoms with Gasteiger partial charge in [0.2, 0.25) is 5.54 Å². The minimum Gasteiger partial charge on any atom is -0.467 e. The monoisotopic (exact) mass is 347 g/mol. The molecule has 0 aromatic heterocycles. The second kappa shape index (κ2) is 7.92. The van der Waals surface area contributed by atoms with Crippen molar-refractivity contribution < 1.29 is 27.8 Å². The largest absolute Gasteiger partial charge is 0.467 e. The fraction of sp³-hybridized carbons (Fsp3) is 0.333. The summed E-state index contributed by atoms with van der Waals surface area (Å²) < 4.78 is 36.6. The maximum absolute atomic E-state index is 13.7. The molecule has 0 spiro atoms. The summed E-state index contributed by atoms with van der Waals surface area (Å²) in [6, 6.07) is 8.57. The Labute approximate surface area is 137 Å². The summed E-state index contributed by atoms with van der Waals surface area (Å²) >= 11 is 5.02. The third kappa shape index (κ3) is 4.66. The number of ether oxygens (including phenoxy) is 2. The third-order valence-corrected chi connectivity index (χ3v) is 3.32. The molecule has 8 heteroatoms. The molecule has 1 aromatic rings. The van der Waals surface area contributed by atoms with E-state index in [0.29, 0.717) is 5.56 Å². The number of nitrogens with one attached hydrogen (secondary N) is 1. The predicted octanol–water partition coefficient (Wildman–Crippen LogP) is 3.23. The van der Waals surface area contributed by atoms with Crippen molar-refractivity contribution in [2.24, 2.45) is 0 Å². The lowest BCUT2D eigenvalue weighted by molar-refractivity contribution is -0.158. The molecule has 1 rings (SSSR count). The second-order valence-electron chi connectivity index (χ2n) is 4.57. The Morgan fingerprint density at radius 1 is 1.35 bits per heavy atom. The Kier molecular flexibility index (Phi) is 6.50. The van der Waals surface area contributed by atoms with Crippen LogP contribution in [0.5, 0.6) is 0 Å². The standard InChI is InChI=1S/C15H16ClF2NO4/c1-3-9-14(12(20)22-2,15(16,17)18)19-13(21)23-10-11-7-5-4-6-8-11/h3-8H,1,9-10H2,2H3,(H,19,21). The van der Waals surface area contributed by atoms with Gasteiger partial charge in [-0.25, -0.2) is 9.59 Å². The summed E-state index contributed by atoms with van der Waals surface area (Å²) in [4.78, 5) is 23.6. The normalized spacial score (nSPS) is 13.6. The van der Waals surface area contributed by atoms with Crippen molar-refractivity contribution in [1.82, 2.24) is 5.32 Å². The van der Waals surface area contributed by atoms with Gasteiger partial charge in [0.25, 0.3) is 0 Å². The van der Waals surface area contributed by atoms with E-state index in [2.05, 4.69) is 11.3 Å². The van der Waals surface area contributed by atoms with E-state index in [4.69, 9.17) is 16.3 Å². The van der Waals surface area contributed by atoms with Crippen LogP contribution in [-0.4, -0.2) is 30.1 Å². The number of hydrogen-bond donors (Lipinski definition) is 1. The van der Waals surface area contributed by atoms with Gasteiger partial charge in [-0.2, -0.15) is 8.78 Å². The van der Waals surface area contributed by atoms with Crippen LogP contribution in [0.3, 0.4) is 0 Å². The highest BCUT2D eigenvalue weighted by atomic mass is 35.5. The van der Waals surface area contributed by atoms with Crippen LogP contribution < -0.4 is 5.32 Å². The molecule has 1 amide bonds. The van der Waals surface area contributed by atoms with Crippen molar-refractivity contribution in [3.8, 4) is 0 Å². The van der Waals surface area contributed by atoms with Crippen LogP contribution >= 0.6 is 11.6 Å². The number of hydrogen-bond acceptors (Lipinski definition) is 4. The lowest BCUT2D eigenvalue weighted by Crippen LogP contribution is -2.63. The molecular formula is C15H16ClF2NO4. The maximum Gasteiger partial charge on any atom is 0.408 e. The van der Waals surface area contributed by atoms with Crippen LogP contribution in [0.2, 0.25) is 0 Å². The summed E-state index contributed by atoms with van der Waals surface area (Å²) in [6.07, 6.45) is -0.859. The van der Waals surface area contributed by atoms with Crippen LogP contribution in [0.15, 0.2) is 43.0 Å². The van der Waals surface area contributed by atoms with Gasteiger partial charge < -0.3 is 9.47 Å². The average Bonchev–Trinajstić information content (AvgIpc) is 2.51. The predicted molar refractivity (Wildman–Crippen MR) is 80.1 cm³/mol. The molecule has 1 unspecified atom stereocenters. The number of carbonyl (C=O) groups is 2. The van der Waals surface area contributed by atoms with E-state index in [1.807, 2.05) is 0 Å². The zero-order valence-electron chi connectivity index (χ0n) is 12.4. The Balaban J connectivity index is 2.89. The van der Waals surface area contributed by atoms with Crippen molar-refractivity contribution in [1.29, 1.82) is 0 Å². The number of esters is 1. The maximum atomic E-state index is 13.7. The highest BCUT2D eigenvalue weighted by Gasteiger charge is 2.60. The summed E-state index contributed by atoms with van der Waals surface area (Å²) in [6.45, 7) is 3.12. The SMILES string of the molecule is C=CCC(NC(=O)OCc1ccccc1)(C(=O)OC)C(F)(F)Cl. The van der Waals surface area contributed by atoms with Crippen LogP contribution in [0.4, 0.5) is 13.6 Å². The minimum atomic E-state index is -4.11. The highest BCUT2D eigenvalue weighted by Crippen LogP contribution is 2.37. The topological polar surface area (TPSA) is 64.6 Å². The fourth-order valence-corrected chi connectivity index (χ4v) is 2.01. The number of benzene rings is 1. The number of amides is 1. The van der Waals surface area contributed by atoms with E-state index in [1.54, 1.807) is 35.6 Å². The molecule has 1 aromatic carbocycles. The average molecular weight is 348 g/mol. The number of alkyl halides is 3.